The standard InChI is InChI=1S/C23H31N3O4/c1-3-14-26(23(28)18-6-4-5-7-18)16-20-15-21(25-30-20)22(27)24-13-12-17-8-10-19(29-2)11-9-17/h8-11,15,18H,3-7,12-14,16H2,1-2H3,(H,24,27). The van der Waals surface area contributed by atoms with Crippen LogP contribution < -0.4 is 10.1 Å². The number of rotatable bonds is 10. The molecule has 1 N–H and O–H groups in total. The largest absolute Gasteiger partial charge is 0.497 e. The van der Waals surface area contributed by atoms with Gasteiger partial charge in [-0.25, -0.2) is 0 Å². The molecule has 2 amide bonds. The van der Waals surface area contributed by atoms with E-state index >= 15 is 0 Å². The van der Waals surface area contributed by atoms with Crippen LogP contribution in [0, 0.1) is 5.92 Å². The van der Waals surface area contributed by atoms with Crippen LogP contribution in [0.15, 0.2) is 34.9 Å². The van der Waals surface area contributed by atoms with Crippen LogP contribution in [0.5, 0.6) is 5.75 Å². The summed E-state index contributed by atoms with van der Waals surface area (Å²) in [6, 6.07) is 9.38. The Morgan fingerprint density at radius 1 is 1.23 bits per heavy atom. The minimum atomic E-state index is -0.275. The maximum Gasteiger partial charge on any atom is 0.273 e. The Morgan fingerprint density at radius 3 is 2.63 bits per heavy atom. The highest BCUT2D eigenvalue weighted by atomic mass is 16.5. The van der Waals surface area contributed by atoms with Gasteiger partial charge in [0.25, 0.3) is 5.91 Å². The van der Waals surface area contributed by atoms with Gasteiger partial charge in [-0.2, -0.15) is 0 Å². The van der Waals surface area contributed by atoms with Crippen LogP contribution in [0.2, 0.25) is 0 Å². The molecule has 0 bridgehead atoms. The molecule has 0 aliphatic heterocycles. The summed E-state index contributed by atoms with van der Waals surface area (Å²) >= 11 is 0. The van der Waals surface area contributed by atoms with Crippen molar-refractivity contribution in [3.63, 3.8) is 0 Å². The molecule has 7 nitrogen and oxygen atoms in total. The third-order valence-corrected chi connectivity index (χ3v) is 5.51. The smallest absolute Gasteiger partial charge is 0.273 e. The molecule has 0 saturated heterocycles. The van der Waals surface area contributed by atoms with E-state index in [-0.39, 0.29) is 23.4 Å². The van der Waals surface area contributed by atoms with Crippen molar-refractivity contribution >= 4 is 11.8 Å². The van der Waals surface area contributed by atoms with Crippen molar-refractivity contribution in [2.75, 3.05) is 20.2 Å². The van der Waals surface area contributed by atoms with Crippen LogP contribution in [0.1, 0.15) is 60.8 Å². The molecule has 1 heterocycles. The van der Waals surface area contributed by atoms with E-state index in [1.807, 2.05) is 29.2 Å². The first-order valence-electron chi connectivity index (χ1n) is 10.8. The minimum absolute atomic E-state index is 0.125. The number of amides is 2. The Hall–Kier alpha value is -2.83. The fourth-order valence-corrected chi connectivity index (χ4v) is 3.85. The normalized spacial score (nSPS) is 13.9. The Kier molecular flexibility index (Phi) is 7.88. The second kappa shape index (κ2) is 10.8. The van der Waals surface area contributed by atoms with E-state index in [0.29, 0.717) is 31.8 Å². The van der Waals surface area contributed by atoms with E-state index in [2.05, 4.69) is 17.4 Å². The predicted molar refractivity (Wildman–Crippen MR) is 113 cm³/mol. The van der Waals surface area contributed by atoms with Gasteiger partial charge >= 0.3 is 0 Å². The van der Waals surface area contributed by atoms with Crippen molar-refractivity contribution in [1.82, 2.24) is 15.4 Å². The molecule has 3 rings (SSSR count). The van der Waals surface area contributed by atoms with Gasteiger partial charge in [0.1, 0.15) is 5.75 Å². The van der Waals surface area contributed by atoms with Crippen molar-refractivity contribution in [3.8, 4) is 5.75 Å². The van der Waals surface area contributed by atoms with E-state index in [0.717, 1.165) is 43.4 Å². The Labute approximate surface area is 177 Å². The van der Waals surface area contributed by atoms with E-state index in [1.165, 1.54) is 0 Å². The van der Waals surface area contributed by atoms with Crippen molar-refractivity contribution in [1.29, 1.82) is 0 Å². The van der Waals surface area contributed by atoms with Crippen LogP contribution >= 0.6 is 0 Å². The minimum Gasteiger partial charge on any atom is -0.497 e. The molecule has 162 valence electrons. The lowest BCUT2D eigenvalue weighted by Gasteiger charge is -2.24. The Balaban J connectivity index is 1.50. The van der Waals surface area contributed by atoms with Gasteiger partial charge in [-0.05, 0) is 43.4 Å². The Bertz CT molecular complexity index is 825. The third-order valence-electron chi connectivity index (χ3n) is 5.51. The van der Waals surface area contributed by atoms with Crippen LogP contribution in [0.3, 0.4) is 0 Å². The fraction of sp³-hybridized carbons (Fsp3) is 0.522. The van der Waals surface area contributed by atoms with E-state index < -0.39 is 0 Å². The molecular formula is C23H31N3O4. The number of methoxy groups -OCH3 is 1. The van der Waals surface area contributed by atoms with E-state index in [4.69, 9.17) is 9.26 Å². The zero-order chi connectivity index (χ0) is 21.3. The highest BCUT2D eigenvalue weighted by Gasteiger charge is 2.27. The molecule has 0 atom stereocenters. The highest BCUT2D eigenvalue weighted by Crippen LogP contribution is 2.27. The van der Waals surface area contributed by atoms with Crippen LogP contribution in [0.25, 0.3) is 0 Å². The summed E-state index contributed by atoms with van der Waals surface area (Å²) in [7, 11) is 1.63. The molecule has 7 heteroatoms. The molecule has 1 fully saturated rings. The SMILES string of the molecule is CCCN(Cc1cc(C(=O)NCCc2ccc(OC)cc2)no1)C(=O)C1CCCC1. The molecule has 0 unspecified atom stereocenters. The summed E-state index contributed by atoms with van der Waals surface area (Å²) in [6.07, 6.45) is 5.78. The quantitative estimate of drug-likeness (QED) is 0.643. The summed E-state index contributed by atoms with van der Waals surface area (Å²) in [5.41, 5.74) is 1.35. The molecule has 0 spiro atoms. The van der Waals surface area contributed by atoms with Crippen molar-refractivity contribution in [2.45, 2.75) is 52.0 Å². The molecule has 1 aliphatic rings. The molecule has 2 aromatic rings. The third kappa shape index (κ3) is 5.84. The summed E-state index contributed by atoms with van der Waals surface area (Å²) in [4.78, 5) is 27.0. The van der Waals surface area contributed by atoms with Gasteiger partial charge in [0.15, 0.2) is 11.5 Å². The average Bonchev–Trinajstić information content (AvgIpc) is 3.46. The lowest BCUT2D eigenvalue weighted by molar-refractivity contribution is -0.136. The molecule has 1 aliphatic carbocycles. The number of hydrogen-bond donors (Lipinski definition) is 1. The van der Waals surface area contributed by atoms with Crippen molar-refractivity contribution in [2.24, 2.45) is 5.92 Å². The number of carbonyl (C=O) groups excluding carboxylic acids is 2. The van der Waals surface area contributed by atoms with Gasteiger partial charge in [-0.15, -0.1) is 0 Å². The maximum atomic E-state index is 12.8. The fourth-order valence-electron chi connectivity index (χ4n) is 3.85. The van der Waals surface area contributed by atoms with Crippen LogP contribution in [-0.2, 0) is 17.8 Å². The summed E-state index contributed by atoms with van der Waals surface area (Å²) in [5, 5.41) is 6.76. The summed E-state index contributed by atoms with van der Waals surface area (Å²) in [6.45, 7) is 3.58. The first-order valence-corrected chi connectivity index (χ1v) is 10.8. The molecular weight excluding hydrogens is 382 g/mol. The number of nitrogens with zero attached hydrogens (tertiary/aromatic N) is 2. The maximum absolute atomic E-state index is 12.8. The molecule has 0 radical (unpaired) electrons. The molecule has 1 aromatic heterocycles. The van der Waals surface area contributed by atoms with Crippen LogP contribution in [0.4, 0.5) is 0 Å². The van der Waals surface area contributed by atoms with Crippen molar-refractivity contribution in [3.05, 3.63) is 47.3 Å². The topological polar surface area (TPSA) is 84.7 Å². The second-order valence-electron chi connectivity index (χ2n) is 7.77. The van der Waals surface area contributed by atoms with Crippen LogP contribution in [-0.4, -0.2) is 42.1 Å². The number of hydrogen-bond acceptors (Lipinski definition) is 5. The van der Waals surface area contributed by atoms with Crippen molar-refractivity contribution < 1.29 is 18.8 Å². The zero-order valence-corrected chi connectivity index (χ0v) is 17.9. The molecule has 1 aromatic carbocycles. The van der Waals surface area contributed by atoms with E-state index in [9.17, 15) is 9.59 Å². The van der Waals surface area contributed by atoms with Gasteiger partial charge in [-0.3, -0.25) is 9.59 Å². The van der Waals surface area contributed by atoms with Gasteiger partial charge in [0.05, 0.1) is 13.7 Å². The predicted octanol–water partition coefficient (Wildman–Crippen LogP) is 3.58. The summed E-state index contributed by atoms with van der Waals surface area (Å²) < 4.78 is 10.5. The summed E-state index contributed by atoms with van der Waals surface area (Å²) in [5.74, 6) is 1.38. The number of ether oxygens (including phenoxy) is 1. The number of benzene rings is 1. The molecule has 1 saturated carbocycles. The number of aromatic nitrogens is 1. The van der Waals surface area contributed by atoms with Gasteiger partial charge in [-0.1, -0.05) is 37.1 Å². The van der Waals surface area contributed by atoms with E-state index in [1.54, 1.807) is 13.2 Å². The lowest BCUT2D eigenvalue weighted by Crippen LogP contribution is -2.35. The second-order valence-corrected chi connectivity index (χ2v) is 7.77. The molecule has 30 heavy (non-hydrogen) atoms. The van der Waals surface area contributed by atoms with Gasteiger partial charge in [0, 0.05) is 25.1 Å². The lowest BCUT2D eigenvalue weighted by atomic mass is 10.1. The van der Waals surface area contributed by atoms with Gasteiger partial charge < -0.3 is 19.5 Å². The zero-order valence-electron chi connectivity index (χ0n) is 17.9. The monoisotopic (exact) mass is 413 g/mol. The highest BCUT2D eigenvalue weighted by molar-refractivity contribution is 5.92. The average molecular weight is 414 g/mol. The Morgan fingerprint density at radius 2 is 1.97 bits per heavy atom. The first-order chi connectivity index (χ1) is 14.6. The number of nitrogens with one attached hydrogen (secondary N) is 1. The van der Waals surface area contributed by atoms with Gasteiger partial charge in [0.2, 0.25) is 5.91 Å². The first kappa shape index (κ1) is 21.9. The number of carbonyl (C=O) groups is 2.